The number of fused-ring (bicyclic) bond motifs is 1. The van der Waals surface area contributed by atoms with Crippen molar-refractivity contribution in [1.82, 2.24) is 9.80 Å². The maximum Gasteiger partial charge on any atom is 0.0239 e. The normalized spacial score (nSPS) is 16.2. The van der Waals surface area contributed by atoms with E-state index in [2.05, 4.69) is 89.5 Å². The lowest BCUT2D eigenvalue weighted by molar-refractivity contribution is 0.103. The Hall–Kier alpha value is -2.16. The van der Waals surface area contributed by atoms with Gasteiger partial charge in [-0.3, -0.25) is 9.80 Å². The number of nitrogens with zero attached hydrogens (tertiary/aromatic N) is 2. The lowest BCUT2D eigenvalue weighted by Crippen LogP contribution is -2.44. The molecule has 2 heteroatoms. The summed E-state index contributed by atoms with van der Waals surface area (Å²) in [6, 6.07) is 27.1. The second-order valence-corrected chi connectivity index (χ2v) is 7.69. The Bertz CT molecular complexity index is 845. The Morgan fingerprint density at radius 2 is 1.56 bits per heavy atom. The highest BCUT2D eigenvalue weighted by Gasteiger charge is 2.24. The van der Waals surface area contributed by atoms with E-state index >= 15 is 0 Å². The van der Waals surface area contributed by atoms with Gasteiger partial charge in [-0.2, -0.15) is 0 Å². The van der Waals surface area contributed by atoms with Gasteiger partial charge in [-0.25, -0.2) is 0 Å². The Morgan fingerprint density at radius 3 is 2.33 bits per heavy atom. The van der Waals surface area contributed by atoms with Gasteiger partial charge in [0.1, 0.15) is 0 Å². The summed E-state index contributed by atoms with van der Waals surface area (Å²) in [6.45, 7) is 7.96. The van der Waals surface area contributed by atoms with Gasteiger partial charge in [0, 0.05) is 19.1 Å². The van der Waals surface area contributed by atoms with Crippen molar-refractivity contribution in [2.24, 2.45) is 0 Å². The molecule has 3 aromatic rings. The fourth-order valence-corrected chi connectivity index (χ4v) is 4.43. The summed E-state index contributed by atoms with van der Waals surface area (Å²) in [4.78, 5) is 5.29. The molecule has 4 rings (SSSR count). The minimum absolute atomic E-state index is 0.707. The zero-order valence-electron chi connectivity index (χ0n) is 16.3. The third kappa shape index (κ3) is 4.40. The van der Waals surface area contributed by atoms with Crippen LogP contribution in [0.25, 0.3) is 10.8 Å². The van der Waals surface area contributed by atoms with Gasteiger partial charge in [-0.05, 0) is 54.4 Å². The summed E-state index contributed by atoms with van der Waals surface area (Å²) in [7, 11) is 0. The van der Waals surface area contributed by atoms with Crippen LogP contribution in [0.2, 0.25) is 0 Å². The van der Waals surface area contributed by atoms with Crippen molar-refractivity contribution in [3.8, 4) is 0 Å². The topological polar surface area (TPSA) is 6.48 Å². The van der Waals surface area contributed by atoms with Crippen molar-refractivity contribution < 1.29 is 0 Å². The lowest BCUT2D eigenvalue weighted by Gasteiger charge is -2.38. The highest BCUT2D eigenvalue weighted by molar-refractivity contribution is 5.85. The molecule has 0 atom stereocenters. The van der Waals surface area contributed by atoms with Gasteiger partial charge in [-0.15, -0.1) is 0 Å². The molecule has 27 heavy (non-hydrogen) atoms. The van der Waals surface area contributed by atoms with E-state index in [0.29, 0.717) is 6.04 Å². The van der Waals surface area contributed by atoms with Crippen LogP contribution < -0.4 is 0 Å². The molecule has 0 radical (unpaired) electrons. The number of piperidine rings is 1. The maximum atomic E-state index is 2.66. The summed E-state index contributed by atoms with van der Waals surface area (Å²) in [5.74, 6) is 0. The molecule has 0 aromatic heterocycles. The van der Waals surface area contributed by atoms with Crippen LogP contribution in [-0.4, -0.2) is 35.5 Å². The number of rotatable bonds is 6. The second-order valence-electron chi connectivity index (χ2n) is 7.69. The van der Waals surface area contributed by atoms with Crippen molar-refractivity contribution in [2.75, 3.05) is 19.6 Å². The lowest BCUT2D eigenvalue weighted by atomic mass is 10.00. The molecule has 1 fully saturated rings. The molecule has 0 N–H and O–H groups in total. The van der Waals surface area contributed by atoms with E-state index in [9.17, 15) is 0 Å². The third-order valence-electron chi connectivity index (χ3n) is 5.98. The number of hydrogen-bond acceptors (Lipinski definition) is 2. The molecule has 1 heterocycles. The summed E-state index contributed by atoms with van der Waals surface area (Å²) in [6.07, 6.45) is 2.54. The van der Waals surface area contributed by atoms with Gasteiger partial charge in [0.25, 0.3) is 0 Å². The van der Waals surface area contributed by atoms with Crippen LogP contribution in [0.3, 0.4) is 0 Å². The minimum atomic E-state index is 0.707. The largest absolute Gasteiger partial charge is 0.299 e. The van der Waals surface area contributed by atoms with Crippen molar-refractivity contribution >= 4 is 10.8 Å². The molecule has 1 aliphatic rings. The molecule has 0 bridgehead atoms. The number of likely N-dealkylation sites (tertiary alicyclic amines) is 1. The molecular formula is C25H30N2. The Morgan fingerprint density at radius 1 is 0.852 bits per heavy atom. The van der Waals surface area contributed by atoms with E-state index in [0.717, 1.165) is 19.6 Å². The van der Waals surface area contributed by atoms with Gasteiger partial charge < -0.3 is 0 Å². The molecule has 2 nitrogen and oxygen atoms in total. The average molecular weight is 359 g/mol. The highest BCUT2D eigenvalue weighted by atomic mass is 15.2. The quantitative estimate of drug-likeness (QED) is 0.588. The van der Waals surface area contributed by atoms with Gasteiger partial charge in [0.2, 0.25) is 0 Å². The molecule has 0 spiro atoms. The standard InChI is InChI=1S/C25H30N2/c1-2-27(19-21-9-4-3-5-10-21)24-15-17-26(18-16-24)20-23-13-8-12-22-11-6-7-14-25(22)23/h3-14,24H,2,15-20H2,1H3. The summed E-state index contributed by atoms with van der Waals surface area (Å²) in [5.41, 5.74) is 2.89. The SMILES string of the molecule is CCN(Cc1ccccc1)C1CCN(Cc2cccc3ccccc23)CC1. The van der Waals surface area contributed by atoms with E-state index in [1.54, 1.807) is 0 Å². The van der Waals surface area contributed by atoms with Gasteiger partial charge in [-0.1, -0.05) is 79.7 Å². The Kier molecular flexibility index (Phi) is 5.86. The fraction of sp³-hybridized carbons (Fsp3) is 0.360. The first kappa shape index (κ1) is 18.2. The molecule has 0 saturated carbocycles. The predicted molar refractivity (Wildman–Crippen MR) is 115 cm³/mol. The van der Waals surface area contributed by atoms with Crippen LogP contribution in [0.5, 0.6) is 0 Å². The van der Waals surface area contributed by atoms with E-state index in [1.807, 2.05) is 0 Å². The molecule has 140 valence electrons. The number of benzene rings is 3. The minimum Gasteiger partial charge on any atom is -0.299 e. The molecule has 3 aromatic carbocycles. The van der Waals surface area contributed by atoms with Crippen molar-refractivity contribution in [2.45, 2.75) is 38.9 Å². The van der Waals surface area contributed by atoms with Crippen molar-refractivity contribution in [3.05, 3.63) is 83.9 Å². The summed E-state index contributed by atoms with van der Waals surface area (Å²) >= 11 is 0. The van der Waals surface area contributed by atoms with Crippen LogP contribution in [0.15, 0.2) is 72.8 Å². The zero-order valence-corrected chi connectivity index (χ0v) is 16.3. The van der Waals surface area contributed by atoms with E-state index in [-0.39, 0.29) is 0 Å². The smallest absolute Gasteiger partial charge is 0.0239 e. The van der Waals surface area contributed by atoms with Gasteiger partial charge in [0.15, 0.2) is 0 Å². The highest BCUT2D eigenvalue weighted by Crippen LogP contribution is 2.24. The monoisotopic (exact) mass is 358 g/mol. The summed E-state index contributed by atoms with van der Waals surface area (Å²) in [5, 5.41) is 2.76. The predicted octanol–water partition coefficient (Wildman–Crippen LogP) is 5.33. The third-order valence-corrected chi connectivity index (χ3v) is 5.98. The first-order chi connectivity index (χ1) is 13.3. The molecule has 0 amide bonds. The van der Waals surface area contributed by atoms with Gasteiger partial charge >= 0.3 is 0 Å². The molecule has 0 unspecified atom stereocenters. The molecular weight excluding hydrogens is 328 g/mol. The van der Waals surface area contributed by atoms with Crippen molar-refractivity contribution in [1.29, 1.82) is 0 Å². The van der Waals surface area contributed by atoms with Crippen LogP contribution in [0, 0.1) is 0 Å². The first-order valence-electron chi connectivity index (χ1n) is 10.3. The van der Waals surface area contributed by atoms with Gasteiger partial charge in [0.05, 0.1) is 0 Å². The van der Waals surface area contributed by atoms with E-state index < -0.39 is 0 Å². The molecule has 0 aliphatic carbocycles. The van der Waals surface area contributed by atoms with Crippen LogP contribution in [0.4, 0.5) is 0 Å². The molecule has 1 aliphatic heterocycles. The average Bonchev–Trinajstić information content (AvgIpc) is 2.74. The zero-order chi connectivity index (χ0) is 18.5. The maximum absolute atomic E-state index is 2.66. The Balaban J connectivity index is 1.37. The number of hydrogen-bond donors (Lipinski definition) is 0. The summed E-state index contributed by atoms with van der Waals surface area (Å²) < 4.78 is 0. The fourth-order valence-electron chi connectivity index (χ4n) is 4.43. The van der Waals surface area contributed by atoms with Crippen LogP contribution >= 0.6 is 0 Å². The first-order valence-corrected chi connectivity index (χ1v) is 10.3. The second kappa shape index (κ2) is 8.69. The van der Waals surface area contributed by atoms with Crippen LogP contribution in [-0.2, 0) is 13.1 Å². The van der Waals surface area contributed by atoms with E-state index in [4.69, 9.17) is 0 Å². The van der Waals surface area contributed by atoms with E-state index in [1.165, 1.54) is 47.8 Å². The Labute approximate surface area is 163 Å². The van der Waals surface area contributed by atoms with Crippen LogP contribution in [0.1, 0.15) is 30.9 Å². The van der Waals surface area contributed by atoms with Crippen molar-refractivity contribution in [3.63, 3.8) is 0 Å². The molecule has 1 saturated heterocycles.